The number of Topliss-reactive ketones (excluding diaryl/α,β-unsaturated/α-hetero) is 1. The minimum absolute atomic E-state index is 0.138. The number of nitrogens with zero attached hydrogens (tertiary/aromatic N) is 1. The number of carbonyl (C=O) groups is 2. The van der Waals surface area contributed by atoms with Crippen LogP contribution in [0.15, 0.2) is 18.3 Å². The lowest BCUT2D eigenvalue weighted by Gasteiger charge is -2.06. The molecule has 0 aromatic carbocycles. The second-order valence-electron chi connectivity index (χ2n) is 4.69. The van der Waals surface area contributed by atoms with Crippen LogP contribution in [-0.4, -0.2) is 23.2 Å². The molecule has 0 saturated heterocycles. The molecule has 18 heavy (non-hydrogen) atoms. The highest BCUT2D eigenvalue weighted by atomic mass is 16.1. The SMILES string of the molecule is CC(=O)CCCNC(=O)c1ccc(C(C)C)nc1. The first kappa shape index (κ1) is 14.4. The first-order chi connectivity index (χ1) is 8.50. The van der Waals surface area contributed by atoms with Crippen LogP contribution in [0, 0.1) is 0 Å². The molecular formula is C14H20N2O2. The molecule has 1 heterocycles. The first-order valence-corrected chi connectivity index (χ1v) is 6.24. The van der Waals surface area contributed by atoms with Crippen LogP contribution < -0.4 is 5.32 Å². The zero-order valence-corrected chi connectivity index (χ0v) is 11.2. The Labute approximate surface area is 108 Å². The average Bonchev–Trinajstić information content (AvgIpc) is 2.34. The van der Waals surface area contributed by atoms with E-state index < -0.39 is 0 Å². The van der Waals surface area contributed by atoms with Gasteiger partial charge in [0.2, 0.25) is 0 Å². The number of rotatable bonds is 6. The summed E-state index contributed by atoms with van der Waals surface area (Å²) in [7, 11) is 0. The summed E-state index contributed by atoms with van der Waals surface area (Å²) in [5.41, 5.74) is 1.53. The molecule has 98 valence electrons. The van der Waals surface area contributed by atoms with E-state index in [4.69, 9.17) is 0 Å². The van der Waals surface area contributed by atoms with E-state index in [1.165, 1.54) is 0 Å². The monoisotopic (exact) mass is 248 g/mol. The lowest BCUT2D eigenvalue weighted by molar-refractivity contribution is -0.117. The molecule has 1 N–H and O–H groups in total. The molecule has 1 aromatic heterocycles. The molecule has 0 aliphatic rings. The highest BCUT2D eigenvalue weighted by Crippen LogP contribution is 2.11. The number of carbonyl (C=O) groups excluding carboxylic acids is 2. The van der Waals surface area contributed by atoms with Gasteiger partial charge >= 0.3 is 0 Å². The van der Waals surface area contributed by atoms with Gasteiger partial charge in [-0.1, -0.05) is 13.8 Å². The maximum atomic E-state index is 11.7. The summed E-state index contributed by atoms with van der Waals surface area (Å²) < 4.78 is 0. The molecule has 4 heteroatoms. The highest BCUT2D eigenvalue weighted by Gasteiger charge is 2.07. The summed E-state index contributed by atoms with van der Waals surface area (Å²) >= 11 is 0. The highest BCUT2D eigenvalue weighted by molar-refractivity contribution is 5.93. The smallest absolute Gasteiger partial charge is 0.252 e. The Kier molecular flexibility index (Phi) is 5.49. The number of pyridine rings is 1. The van der Waals surface area contributed by atoms with Gasteiger partial charge in [-0.15, -0.1) is 0 Å². The number of aromatic nitrogens is 1. The van der Waals surface area contributed by atoms with Crippen molar-refractivity contribution in [1.82, 2.24) is 10.3 Å². The van der Waals surface area contributed by atoms with Gasteiger partial charge in [0, 0.05) is 24.9 Å². The quantitative estimate of drug-likeness (QED) is 0.786. The Hall–Kier alpha value is -1.71. The average molecular weight is 248 g/mol. The van der Waals surface area contributed by atoms with E-state index in [0.717, 1.165) is 5.69 Å². The topological polar surface area (TPSA) is 59.1 Å². The summed E-state index contributed by atoms with van der Waals surface area (Å²) in [5, 5.41) is 2.77. The fourth-order valence-corrected chi connectivity index (χ4v) is 1.52. The molecule has 4 nitrogen and oxygen atoms in total. The lowest BCUT2D eigenvalue weighted by Crippen LogP contribution is -2.24. The van der Waals surface area contributed by atoms with Crippen molar-refractivity contribution in [3.63, 3.8) is 0 Å². The Morgan fingerprint density at radius 2 is 2.06 bits per heavy atom. The summed E-state index contributed by atoms with van der Waals surface area (Å²) in [6.45, 7) is 6.19. The van der Waals surface area contributed by atoms with E-state index in [0.29, 0.717) is 30.9 Å². The summed E-state index contributed by atoms with van der Waals surface area (Å²) in [5.74, 6) is 0.367. The van der Waals surface area contributed by atoms with Crippen LogP contribution in [-0.2, 0) is 4.79 Å². The minimum Gasteiger partial charge on any atom is -0.352 e. The number of amides is 1. The Morgan fingerprint density at radius 1 is 1.33 bits per heavy atom. The zero-order chi connectivity index (χ0) is 13.5. The van der Waals surface area contributed by atoms with E-state index in [9.17, 15) is 9.59 Å². The molecule has 1 amide bonds. The number of ketones is 1. The summed E-state index contributed by atoms with van der Waals surface area (Å²) in [6, 6.07) is 3.65. The van der Waals surface area contributed by atoms with Crippen LogP contribution in [0.4, 0.5) is 0 Å². The van der Waals surface area contributed by atoms with Crippen LogP contribution in [0.1, 0.15) is 55.6 Å². The van der Waals surface area contributed by atoms with E-state index in [1.54, 1.807) is 19.2 Å². The predicted octanol–water partition coefficient (Wildman–Crippen LogP) is 2.30. The molecule has 1 rings (SSSR count). The summed E-state index contributed by atoms with van der Waals surface area (Å²) in [4.78, 5) is 26.7. The van der Waals surface area contributed by atoms with Crippen molar-refractivity contribution < 1.29 is 9.59 Å². The second-order valence-corrected chi connectivity index (χ2v) is 4.69. The number of nitrogens with one attached hydrogen (secondary N) is 1. The van der Waals surface area contributed by atoms with Crippen molar-refractivity contribution in [2.24, 2.45) is 0 Å². The Bertz CT molecular complexity index is 410. The molecule has 0 saturated carbocycles. The number of hydrogen-bond donors (Lipinski definition) is 1. The van der Waals surface area contributed by atoms with Gasteiger partial charge in [0.1, 0.15) is 5.78 Å². The van der Waals surface area contributed by atoms with Gasteiger partial charge in [0.25, 0.3) is 5.91 Å². The predicted molar refractivity (Wildman–Crippen MR) is 70.6 cm³/mol. The molecule has 0 aliphatic heterocycles. The van der Waals surface area contributed by atoms with Crippen molar-refractivity contribution >= 4 is 11.7 Å². The second kappa shape index (κ2) is 6.89. The third-order valence-electron chi connectivity index (χ3n) is 2.63. The van der Waals surface area contributed by atoms with Crippen molar-refractivity contribution in [1.29, 1.82) is 0 Å². The van der Waals surface area contributed by atoms with E-state index in [-0.39, 0.29) is 11.7 Å². The molecule has 0 radical (unpaired) electrons. The zero-order valence-electron chi connectivity index (χ0n) is 11.2. The molecular weight excluding hydrogens is 228 g/mol. The van der Waals surface area contributed by atoms with Gasteiger partial charge < -0.3 is 10.1 Å². The van der Waals surface area contributed by atoms with Crippen LogP contribution >= 0.6 is 0 Å². The van der Waals surface area contributed by atoms with Crippen LogP contribution in [0.25, 0.3) is 0 Å². The van der Waals surface area contributed by atoms with Crippen LogP contribution in [0.5, 0.6) is 0 Å². The molecule has 0 bridgehead atoms. The largest absolute Gasteiger partial charge is 0.352 e. The van der Waals surface area contributed by atoms with Crippen LogP contribution in [0.2, 0.25) is 0 Å². The van der Waals surface area contributed by atoms with Gasteiger partial charge in [-0.2, -0.15) is 0 Å². The van der Waals surface area contributed by atoms with E-state index in [1.807, 2.05) is 6.07 Å². The van der Waals surface area contributed by atoms with Gasteiger partial charge in [0.05, 0.1) is 5.56 Å². The maximum Gasteiger partial charge on any atom is 0.252 e. The fourth-order valence-electron chi connectivity index (χ4n) is 1.52. The maximum absolute atomic E-state index is 11.7. The molecule has 0 aliphatic carbocycles. The lowest BCUT2D eigenvalue weighted by atomic mass is 10.1. The number of hydrogen-bond acceptors (Lipinski definition) is 3. The third-order valence-corrected chi connectivity index (χ3v) is 2.63. The molecule has 0 spiro atoms. The Balaban J connectivity index is 2.44. The van der Waals surface area contributed by atoms with Gasteiger partial charge in [0.15, 0.2) is 0 Å². The van der Waals surface area contributed by atoms with E-state index in [2.05, 4.69) is 24.1 Å². The summed E-state index contributed by atoms with van der Waals surface area (Å²) in [6.07, 6.45) is 2.78. The Morgan fingerprint density at radius 3 is 2.56 bits per heavy atom. The minimum atomic E-state index is -0.138. The van der Waals surface area contributed by atoms with Crippen molar-refractivity contribution in [2.45, 2.75) is 39.5 Å². The van der Waals surface area contributed by atoms with Crippen molar-refractivity contribution in [3.8, 4) is 0 Å². The molecule has 0 fully saturated rings. The standard InChI is InChI=1S/C14H20N2O2/c1-10(2)13-7-6-12(9-16-13)14(18)15-8-4-5-11(3)17/h6-7,9-10H,4-5,8H2,1-3H3,(H,15,18). The van der Waals surface area contributed by atoms with Crippen molar-refractivity contribution in [2.75, 3.05) is 6.54 Å². The fraction of sp³-hybridized carbons (Fsp3) is 0.500. The van der Waals surface area contributed by atoms with Crippen molar-refractivity contribution in [3.05, 3.63) is 29.6 Å². The van der Waals surface area contributed by atoms with Gasteiger partial charge in [-0.3, -0.25) is 9.78 Å². The van der Waals surface area contributed by atoms with Crippen LogP contribution in [0.3, 0.4) is 0 Å². The molecule has 0 unspecified atom stereocenters. The third kappa shape index (κ3) is 4.65. The normalized spacial score (nSPS) is 10.4. The van der Waals surface area contributed by atoms with E-state index >= 15 is 0 Å². The first-order valence-electron chi connectivity index (χ1n) is 6.24. The molecule has 0 atom stereocenters. The van der Waals surface area contributed by atoms with Gasteiger partial charge in [-0.25, -0.2) is 0 Å². The molecule has 1 aromatic rings. The van der Waals surface area contributed by atoms with Gasteiger partial charge in [-0.05, 0) is 31.4 Å².